The Morgan fingerprint density at radius 2 is 2.18 bits per heavy atom. The molecule has 9 nitrogen and oxygen atoms in total. The molecule has 0 saturated carbocycles. The summed E-state index contributed by atoms with van der Waals surface area (Å²) in [4.78, 5) is 32.8. The maximum atomic E-state index is 11.8. The summed E-state index contributed by atoms with van der Waals surface area (Å²) in [5, 5.41) is 9.52. The monoisotopic (exact) mass is 340 g/mol. The van der Waals surface area contributed by atoms with Crippen molar-refractivity contribution in [3.8, 4) is 0 Å². The van der Waals surface area contributed by atoms with Crippen LogP contribution in [0.25, 0.3) is 0 Å². The number of nitrogen functional groups attached to an aromatic ring is 2. The van der Waals surface area contributed by atoms with Crippen LogP contribution in [0.4, 0.5) is 11.8 Å². The van der Waals surface area contributed by atoms with Crippen molar-refractivity contribution in [1.29, 1.82) is 0 Å². The first-order valence-corrected chi connectivity index (χ1v) is 7.99. The van der Waals surface area contributed by atoms with Crippen LogP contribution in [0.3, 0.4) is 0 Å². The lowest BCUT2D eigenvalue weighted by Crippen LogP contribution is -2.68. The molecule has 2 atom stereocenters. The fourth-order valence-electron chi connectivity index (χ4n) is 2.21. The second-order valence-corrected chi connectivity index (χ2v) is 6.82. The van der Waals surface area contributed by atoms with Crippen LogP contribution < -0.4 is 17.2 Å². The Morgan fingerprint density at radius 1 is 1.45 bits per heavy atom. The Balaban J connectivity index is 1.96. The van der Waals surface area contributed by atoms with Gasteiger partial charge in [-0.3, -0.25) is 9.69 Å². The number of carboxylic acids is 1. The van der Waals surface area contributed by atoms with Gasteiger partial charge in [0, 0.05) is 16.7 Å². The summed E-state index contributed by atoms with van der Waals surface area (Å²) in [6.45, 7) is 0. The first-order valence-electron chi connectivity index (χ1n) is 6.13. The lowest BCUT2D eigenvalue weighted by atomic mass is 10.1. The minimum Gasteiger partial charge on any atom is -0.477 e. The molecule has 3 heterocycles. The number of aromatic nitrogens is 2. The van der Waals surface area contributed by atoms with Crippen LogP contribution >= 0.6 is 23.5 Å². The Hall–Kier alpha value is -1.98. The number of aliphatic carboxylic acids is 1. The van der Waals surface area contributed by atoms with E-state index in [4.69, 9.17) is 17.2 Å². The highest BCUT2D eigenvalue weighted by Crippen LogP contribution is 2.44. The zero-order chi connectivity index (χ0) is 16.0. The summed E-state index contributed by atoms with van der Waals surface area (Å²) in [6.07, 6.45) is 0. The van der Waals surface area contributed by atoms with Crippen LogP contribution in [0, 0.1) is 0 Å². The smallest absolute Gasteiger partial charge is 0.353 e. The molecule has 0 aromatic carbocycles. The maximum Gasteiger partial charge on any atom is 0.353 e. The molecule has 0 unspecified atom stereocenters. The van der Waals surface area contributed by atoms with Crippen LogP contribution in [-0.2, 0) is 9.59 Å². The number of hydrogen-bond acceptors (Lipinski definition) is 9. The Bertz CT molecular complexity index is 689. The topological polar surface area (TPSA) is 161 Å². The van der Waals surface area contributed by atoms with E-state index in [0.29, 0.717) is 15.7 Å². The lowest BCUT2D eigenvalue weighted by Gasteiger charge is -2.47. The number of amides is 1. The second-order valence-electron chi connectivity index (χ2n) is 4.60. The van der Waals surface area contributed by atoms with Gasteiger partial charge in [0.2, 0.25) is 11.9 Å². The van der Waals surface area contributed by atoms with Crippen molar-refractivity contribution in [3.05, 3.63) is 16.7 Å². The molecule has 7 N–H and O–H groups in total. The average Bonchev–Trinajstić information content (AvgIpc) is 2.44. The molecular weight excluding hydrogens is 328 g/mol. The van der Waals surface area contributed by atoms with Crippen LogP contribution in [0.15, 0.2) is 21.7 Å². The minimum atomic E-state index is -1.18. The number of carbonyl (C=O) groups excluding carboxylic acids is 1. The van der Waals surface area contributed by atoms with Gasteiger partial charge in [0.15, 0.2) is 0 Å². The Kier molecular flexibility index (Phi) is 3.62. The number of hydrogen-bond donors (Lipinski definition) is 4. The zero-order valence-electron chi connectivity index (χ0n) is 11.1. The molecule has 11 heteroatoms. The van der Waals surface area contributed by atoms with Crippen LogP contribution in [0.5, 0.6) is 0 Å². The van der Waals surface area contributed by atoms with Crippen molar-refractivity contribution in [2.45, 2.75) is 16.4 Å². The number of fused-ring (bicyclic) bond motifs is 1. The van der Waals surface area contributed by atoms with Crippen molar-refractivity contribution in [3.63, 3.8) is 0 Å². The van der Waals surface area contributed by atoms with Gasteiger partial charge in [0.1, 0.15) is 28.0 Å². The highest BCUT2D eigenvalue weighted by Gasteiger charge is 2.51. The van der Waals surface area contributed by atoms with Gasteiger partial charge < -0.3 is 22.3 Å². The van der Waals surface area contributed by atoms with E-state index in [9.17, 15) is 14.7 Å². The number of nitrogens with two attached hydrogens (primary N) is 3. The van der Waals surface area contributed by atoms with Gasteiger partial charge in [-0.15, -0.1) is 11.8 Å². The molecule has 0 aliphatic carbocycles. The summed E-state index contributed by atoms with van der Waals surface area (Å²) in [5.74, 6) is -0.963. The number of β-lactam (4-membered cyclic amide) rings is 1. The summed E-state index contributed by atoms with van der Waals surface area (Å²) in [7, 11) is 0. The molecule has 22 heavy (non-hydrogen) atoms. The fourth-order valence-corrected chi connectivity index (χ4v) is 4.64. The van der Waals surface area contributed by atoms with E-state index >= 15 is 0 Å². The van der Waals surface area contributed by atoms with Gasteiger partial charge in [-0.2, -0.15) is 4.98 Å². The van der Waals surface area contributed by atoms with Gasteiger partial charge in [0.05, 0.1) is 0 Å². The van der Waals surface area contributed by atoms with Crippen LogP contribution in [0.1, 0.15) is 0 Å². The molecule has 3 rings (SSSR count). The summed E-state index contributed by atoms with van der Waals surface area (Å²) in [5.41, 5.74) is 16.8. The highest BCUT2D eigenvalue weighted by molar-refractivity contribution is 8.06. The number of thioether (sulfide) groups is 2. The van der Waals surface area contributed by atoms with Crippen molar-refractivity contribution < 1.29 is 14.7 Å². The third kappa shape index (κ3) is 2.36. The normalized spacial score (nSPS) is 24.0. The van der Waals surface area contributed by atoms with E-state index in [-0.39, 0.29) is 22.8 Å². The molecule has 2 aliphatic rings. The number of carboxylic acid groups (broad SMARTS) is 1. The van der Waals surface area contributed by atoms with Gasteiger partial charge in [-0.1, -0.05) is 11.8 Å². The lowest BCUT2D eigenvalue weighted by molar-refractivity contribution is -0.147. The minimum absolute atomic E-state index is 0.00311. The number of anilines is 2. The predicted octanol–water partition coefficient (Wildman–Crippen LogP) is -0.728. The molecule has 0 spiro atoms. The third-order valence-corrected chi connectivity index (χ3v) is 5.63. The molecule has 1 aromatic rings. The van der Waals surface area contributed by atoms with E-state index in [1.165, 1.54) is 22.7 Å². The Labute approximate surface area is 133 Å². The first-order chi connectivity index (χ1) is 10.4. The van der Waals surface area contributed by atoms with E-state index in [1.807, 2.05) is 0 Å². The van der Waals surface area contributed by atoms with Gasteiger partial charge >= 0.3 is 5.97 Å². The predicted molar refractivity (Wildman–Crippen MR) is 82.4 cm³/mol. The summed E-state index contributed by atoms with van der Waals surface area (Å²) < 4.78 is 0. The second kappa shape index (κ2) is 5.34. The third-order valence-electron chi connectivity index (χ3n) is 3.14. The SMILES string of the molecule is Nc1cc(SC2=C(C(=O)O)N3C(=O)[C@H](N)[C@H]3SC2)nc(N)n1. The number of nitrogens with zero attached hydrogens (tertiary/aromatic N) is 3. The maximum absolute atomic E-state index is 11.8. The first kappa shape index (κ1) is 14.9. The van der Waals surface area contributed by atoms with E-state index in [2.05, 4.69) is 9.97 Å². The molecule has 116 valence electrons. The highest BCUT2D eigenvalue weighted by atomic mass is 32.2. The molecule has 1 amide bonds. The summed E-state index contributed by atoms with van der Waals surface area (Å²) in [6, 6.07) is 0.838. The number of carbonyl (C=O) groups is 2. The van der Waals surface area contributed by atoms with Crippen molar-refractivity contribution in [2.24, 2.45) is 5.73 Å². The molecule has 0 bridgehead atoms. The molecule has 2 aliphatic heterocycles. The quantitative estimate of drug-likeness (QED) is 0.407. The molecular formula is C11H12N6O3S2. The fraction of sp³-hybridized carbons (Fsp3) is 0.273. The van der Waals surface area contributed by atoms with E-state index in [0.717, 1.165) is 11.8 Å². The van der Waals surface area contributed by atoms with Crippen molar-refractivity contribution in [1.82, 2.24) is 14.9 Å². The Morgan fingerprint density at radius 3 is 2.82 bits per heavy atom. The van der Waals surface area contributed by atoms with Crippen LogP contribution in [0.2, 0.25) is 0 Å². The molecule has 0 radical (unpaired) electrons. The van der Waals surface area contributed by atoms with Crippen molar-refractivity contribution >= 4 is 47.2 Å². The molecule has 1 aromatic heterocycles. The van der Waals surface area contributed by atoms with E-state index in [1.54, 1.807) is 0 Å². The van der Waals surface area contributed by atoms with E-state index < -0.39 is 17.9 Å². The van der Waals surface area contributed by atoms with Gasteiger partial charge in [-0.25, -0.2) is 9.78 Å². The van der Waals surface area contributed by atoms with Gasteiger partial charge in [0.25, 0.3) is 0 Å². The standard InChI is InChI=1S/C11H12N6O3S2/c12-4-1-5(16-11(14)15-4)22-3-2-21-9-6(13)8(18)17(9)7(3)10(19)20/h1,6,9H,2,13H2,(H,19,20)(H4,12,14,15,16)/t6-,9+/m0/s1. The van der Waals surface area contributed by atoms with Crippen LogP contribution in [-0.4, -0.2) is 49.0 Å². The number of rotatable bonds is 3. The summed E-state index contributed by atoms with van der Waals surface area (Å²) >= 11 is 2.52. The van der Waals surface area contributed by atoms with Gasteiger partial charge in [-0.05, 0) is 0 Å². The average molecular weight is 340 g/mol. The molecule has 1 fully saturated rings. The molecule has 1 saturated heterocycles. The zero-order valence-corrected chi connectivity index (χ0v) is 12.7. The van der Waals surface area contributed by atoms with Crippen molar-refractivity contribution in [2.75, 3.05) is 17.2 Å². The largest absolute Gasteiger partial charge is 0.477 e.